The summed E-state index contributed by atoms with van der Waals surface area (Å²) in [5.74, 6) is 0. The highest BCUT2D eigenvalue weighted by Crippen LogP contribution is 2.41. The van der Waals surface area contributed by atoms with Crippen LogP contribution in [0.4, 0.5) is 0 Å². The molecule has 0 radical (unpaired) electrons. The zero-order chi connectivity index (χ0) is 16.8. The zero-order valence-corrected chi connectivity index (χ0v) is 15.6. The largest absolute Gasteiger partial charge is 0.254 e. The molecule has 1 aliphatic heterocycles. The van der Waals surface area contributed by atoms with Gasteiger partial charge in [0.05, 0.1) is 11.0 Å². The van der Waals surface area contributed by atoms with Crippen LogP contribution in [0.5, 0.6) is 0 Å². The molecule has 25 heavy (non-hydrogen) atoms. The lowest BCUT2D eigenvalue weighted by molar-refractivity contribution is 1.37. The van der Waals surface area contributed by atoms with Crippen molar-refractivity contribution in [2.24, 2.45) is 0 Å². The van der Waals surface area contributed by atoms with Crippen LogP contribution < -0.4 is 0 Å². The third-order valence-electron chi connectivity index (χ3n) is 4.52. The number of hydrogen-bond donors (Lipinski definition) is 0. The molecule has 1 aliphatic rings. The van der Waals surface area contributed by atoms with E-state index in [1.54, 1.807) is 0 Å². The van der Waals surface area contributed by atoms with Crippen LogP contribution in [0, 0.1) is 3.57 Å². The van der Waals surface area contributed by atoms with Gasteiger partial charge in [-0.3, -0.25) is 9.97 Å². The average molecular weight is 434 g/mol. The van der Waals surface area contributed by atoms with E-state index in [9.17, 15) is 0 Å². The molecular formula is C22H15IN2. The number of pyridine rings is 2. The number of benzene rings is 2. The van der Waals surface area contributed by atoms with Gasteiger partial charge in [0.15, 0.2) is 0 Å². The van der Waals surface area contributed by atoms with Gasteiger partial charge in [-0.05, 0) is 29.3 Å². The summed E-state index contributed by atoms with van der Waals surface area (Å²) in [7, 11) is 0. The monoisotopic (exact) mass is 434 g/mol. The Bertz CT molecular complexity index is 1250. The number of nitrogens with zero attached hydrogens (tertiary/aromatic N) is 2. The second-order valence-corrected chi connectivity index (χ2v) is 10.2. The molecule has 5 rings (SSSR count). The first-order chi connectivity index (χ1) is 12.3. The van der Waals surface area contributed by atoms with Crippen molar-refractivity contribution in [1.82, 2.24) is 9.97 Å². The number of rotatable bonds is 1. The fraction of sp³-hybridized carbons (Fsp3) is 0. The van der Waals surface area contributed by atoms with Crippen molar-refractivity contribution in [3.05, 3.63) is 87.8 Å². The van der Waals surface area contributed by atoms with Crippen LogP contribution in [-0.2, 0) is 0 Å². The maximum Gasteiger partial charge on any atom is 0.0975 e. The van der Waals surface area contributed by atoms with Gasteiger partial charge in [-0.25, -0.2) is 0 Å². The van der Waals surface area contributed by atoms with Crippen LogP contribution in [0.1, 0.15) is 11.1 Å². The van der Waals surface area contributed by atoms with Gasteiger partial charge in [0.2, 0.25) is 0 Å². The lowest BCUT2D eigenvalue weighted by atomic mass is 10.0. The van der Waals surface area contributed by atoms with Gasteiger partial charge in [0.25, 0.3) is 0 Å². The SMILES string of the molecule is C=I1=C(c2ccccc2)C=Cc2c1c1cccnc1c1ncccc21. The molecule has 0 amide bonds. The Labute approximate surface area is 152 Å². The summed E-state index contributed by atoms with van der Waals surface area (Å²) in [6, 6.07) is 19.0. The van der Waals surface area contributed by atoms with Crippen LogP contribution in [0.25, 0.3) is 27.9 Å². The lowest BCUT2D eigenvalue weighted by Crippen LogP contribution is -2.02. The Morgan fingerprint density at radius 2 is 1.40 bits per heavy atom. The van der Waals surface area contributed by atoms with E-state index < -0.39 is 18.9 Å². The summed E-state index contributed by atoms with van der Waals surface area (Å²) < 4.78 is 7.47. The average Bonchev–Trinajstić information content (AvgIpc) is 2.69. The highest BCUT2D eigenvalue weighted by atomic mass is 127. The van der Waals surface area contributed by atoms with Gasteiger partial charge in [0, 0.05) is 30.2 Å². The Kier molecular flexibility index (Phi) is 3.41. The van der Waals surface area contributed by atoms with Crippen LogP contribution in [0.3, 0.4) is 0 Å². The van der Waals surface area contributed by atoms with Gasteiger partial charge in [-0.1, -0.05) is 53.1 Å². The normalized spacial score (nSPS) is 14.2. The van der Waals surface area contributed by atoms with Crippen molar-refractivity contribution in [2.75, 3.05) is 0 Å². The minimum absolute atomic E-state index is 0.980. The van der Waals surface area contributed by atoms with E-state index in [0.717, 1.165) is 11.0 Å². The molecule has 0 aliphatic carbocycles. The first kappa shape index (κ1) is 14.8. The van der Waals surface area contributed by atoms with Crippen molar-refractivity contribution in [3.8, 4) is 0 Å². The molecule has 120 valence electrons. The minimum atomic E-state index is -1.79. The highest BCUT2D eigenvalue weighted by Gasteiger charge is 2.17. The van der Waals surface area contributed by atoms with E-state index in [1.807, 2.05) is 24.5 Å². The molecular weight excluding hydrogens is 419 g/mol. The summed E-state index contributed by atoms with van der Waals surface area (Å²) in [6.07, 6.45) is 8.21. The lowest BCUT2D eigenvalue weighted by Gasteiger charge is -2.18. The van der Waals surface area contributed by atoms with Crippen molar-refractivity contribution < 1.29 is 0 Å². The van der Waals surface area contributed by atoms with Crippen molar-refractivity contribution in [3.63, 3.8) is 0 Å². The molecule has 2 aromatic heterocycles. The standard InChI is InChI=1S/C22H15IN2/c1-23-19(15-7-3-2-4-8-15)12-11-16-17-9-5-13-24-21(17)22-18(20(16)23)10-6-14-25-22/h2-14H,1H2. The molecule has 0 atom stereocenters. The van der Waals surface area contributed by atoms with Crippen molar-refractivity contribution in [2.45, 2.75) is 0 Å². The number of halogens is 1. The molecule has 2 nitrogen and oxygen atoms in total. The Balaban J connectivity index is 1.96. The molecule has 0 N–H and O–H groups in total. The molecule has 0 unspecified atom stereocenters. The van der Waals surface area contributed by atoms with Crippen LogP contribution in [-0.4, -0.2) is 18.0 Å². The van der Waals surface area contributed by atoms with E-state index in [-0.39, 0.29) is 0 Å². The quantitative estimate of drug-likeness (QED) is 0.306. The molecule has 3 heterocycles. The van der Waals surface area contributed by atoms with E-state index in [1.165, 1.54) is 29.0 Å². The maximum atomic E-state index is 4.67. The molecule has 0 saturated carbocycles. The first-order valence-corrected chi connectivity index (χ1v) is 11.8. The van der Waals surface area contributed by atoms with Gasteiger partial charge >= 0.3 is 0 Å². The Morgan fingerprint density at radius 3 is 2.16 bits per heavy atom. The number of aromatic nitrogens is 2. The number of hydrogen-bond acceptors (Lipinski definition) is 2. The molecule has 0 saturated heterocycles. The maximum absolute atomic E-state index is 4.67. The summed E-state index contributed by atoms with van der Waals surface area (Å²) in [4.78, 5) is 9.26. The van der Waals surface area contributed by atoms with Crippen molar-refractivity contribution in [1.29, 1.82) is 0 Å². The summed E-state index contributed by atoms with van der Waals surface area (Å²) in [6.45, 7) is 0. The predicted octanol–water partition coefficient (Wildman–Crippen LogP) is 5.14. The summed E-state index contributed by atoms with van der Waals surface area (Å²) >= 11 is -1.79. The fourth-order valence-corrected chi connectivity index (χ4v) is 8.03. The van der Waals surface area contributed by atoms with Crippen LogP contribution >= 0.6 is 18.9 Å². The fourth-order valence-electron chi connectivity index (χ4n) is 3.41. The molecule has 2 aromatic carbocycles. The van der Waals surface area contributed by atoms with Gasteiger partial charge in [-0.2, -0.15) is 0 Å². The zero-order valence-electron chi connectivity index (χ0n) is 13.5. The molecule has 4 aromatic rings. The van der Waals surface area contributed by atoms with Gasteiger partial charge < -0.3 is 0 Å². The van der Waals surface area contributed by atoms with Crippen LogP contribution in [0.2, 0.25) is 0 Å². The molecule has 0 spiro atoms. The third kappa shape index (κ3) is 2.23. The van der Waals surface area contributed by atoms with Gasteiger partial charge in [-0.15, -0.1) is 18.9 Å². The Morgan fingerprint density at radius 1 is 0.720 bits per heavy atom. The topological polar surface area (TPSA) is 25.8 Å². The second-order valence-electron chi connectivity index (χ2n) is 5.94. The Hall–Kier alpha value is -2.53. The predicted molar refractivity (Wildman–Crippen MR) is 116 cm³/mol. The second kappa shape index (κ2) is 5.77. The minimum Gasteiger partial charge on any atom is -0.254 e. The highest BCUT2D eigenvalue weighted by molar-refractivity contribution is 14.2. The van der Waals surface area contributed by atoms with E-state index in [2.05, 4.69) is 69.1 Å². The molecule has 0 bridgehead atoms. The van der Waals surface area contributed by atoms with E-state index in [0.29, 0.717) is 0 Å². The summed E-state index contributed by atoms with van der Waals surface area (Å²) in [5.41, 5.74) is 4.54. The first-order valence-electron chi connectivity index (χ1n) is 8.09. The van der Waals surface area contributed by atoms with E-state index >= 15 is 0 Å². The van der Waals surface area contributed by atoms with Crippen LogP contribution in [0.15, 0.2) is 73.1 Å². The van der Waals surface area contributed by atoms with Crippen molar-refractivity contribution >= 4 is 54.8 Å². The molecule has 3 heteroatoms. The smallest absolute Gasteiger partial charge is 0.0975 e. The number of fused-ring (bicyclic) bond motifs is 6. The van der Waals surface area contributed by atoms with Gasteiger partial charge in [0.1, 0.15) is 0 Å². The third-order valence-corrected chi connectivity index (χ3v) is 9.37. The van der Waals surface area contributed by atoms with E-state index in [4.69, 9.17) is 0 Å². The summed E-state index contributed by atoms with van der Waals surface area (Å²) in [5, 5.41) is 2.39. The molecule has 0 fully saturated rings. The number of allylic oxidation sites excluding steroid dienone is 1.